The molecule has 1 heterocycles. The van der Waals surface area contributed by atoms with Crippen LogP contribution >= 0.6 is 0 Å². The van der Waals surface area contributed by atoms with Gasteiger partial charge in [-0.2, -0.15) is 0 Å². The maximum Gasteiger partial charge on any atom is 0.277 e. The molecule has 5 heteroatoms. The third-order valence-electron chi connectivity index (χ3n) is 2.32. The maximum absolute atomic E-state index is 11.5. The first kappa shape index (κ1) is 9.39. The molecule has 1 aromatic heterocycles. The van der Waals surface area contributed by atoms with E-state index in [0.717, 1.165) is 5.56 Å². The first-order valence-corrected chi connectivity index (χ1v) is 4.36. The molecule has 2 rings (SSSR count). The van der Waals surface area contributed by atoms with Crippen LogP contribution in [0, 0.1) is 17.0 Å². The van der Waals surface area contributed by atoms with Crippen molar-refractivity contribution >= 4 is 16.5 Å². The number of nitrogens with zero attached hydrogens (tertiary/aromatic N) is 1. The summed E-state index contributed by atoms with van der Waals surface area (Å²) in [5.74, 6) is 0. The van der Waals surface area contributed by atoms with E-state index < -0.39 is 4.92 Å². The number of hydrogen-bond acceptors (Lipinski definition) is 3. The molecule has 0 spiro atoms. The second-order valence-electron chi connectivity index (χ2n) is 3.25. The van der Waals surface area contributed by atoms with Gasteiger partial charge in [0.15, 0.2) is 0 Å². The summed E-state index contributed by atoms with van der Waals surface area (Å²) < 4.78 is 0. The molecule has 15 heavy (non-hydrogen) atoms. The number of aryl methyl sites for hydroxylation is 1. The van der Waals surface area contributed by atoms with Crippen molar-refractivity contribution in [2.24, 2.45) is 0 Å². The van der Waals surface area contributed by atoms with Gasteiger partial charge >= 0.3 is 0 Å². The molecule has 1 aromatic carbocycles. The summed E-state index contributed by atoms with van der Waals surface area (Å²) in [5, 5.41) is 11.5. The van der Waals surface area contributed by atoms with Crippen LogP contribution in [-0.4, -0.2) is 9.91 Å². The largest absolute Gasteiger partial charge is 0.329 e. The highest BCUT2D eigenvalue weighted by Crippen LogP contribution is 2.24. The minimum atomic E-state index is -0.485. The molecular formula is C10H8N2O3. The van der Waals surface area contributed by atoms with Gasteiger partial charge in [0.1, 0.15) is 0 Å². The number of rotatable bonds is 1. The number of aromatic nitrogens is 1. The van der Waals surface area contributed by atoms with Crippen LogP contribution in [0.1, 0.15) is 5.56 Å². The number of fused-ring (bicyclic) bond motifs is 1. The Morgan fingerprint density at radius 2 is 2.07 bits per heavy atom. The monoisotopic (exact) mass is 204 g/mol. The first-order chi connectivity index (χ1) is 7.11. The van der Waals surface area contributed by atoms with Crippen molar-refractivity contribution in [3.63, 3.8) is 0 Å². The van der Waals surface area contributed by atoms with Crippen molar-refractivity contribution in [2.75, 3.05) is 0 Å². The Balaban J connectivity index is 3.01. The summed E-state index contributed by atoms with van der Waals surface area (Å²) in [7, 11) is 0. The van der Waals surface area contributed by atoms with Crippen LogP contribution < -0.4 is 5.56 Å². The average Bonchev–Trinajstić information content (AvgIpc) is 2.17. The molecule has 0 unspecified atom stereocenters. The van der Waals surface area contributed by atoms with Gasteiger partial charge < -0.3 is 4.98 Å². The Morgan fingerprint density at radius 3 is 2.73 bits per heavy atom. The van der Waals surface area contributed by atoms with Crippen LogP contribution in [0.2, 0.25) is 0 Å². The first-order valence-electron chi connectivity index (χ1n) is 4.36. The van der Waals surface area contributed by atoms with Gasteiger partial charge in [0.05, 0.1) is 15.7 Å². The van der Waals surface area contributed by atoms with Crippen molar-refractivity contribution in [1.82, 2.24) is 4.98 Å². The lowest BCUT2D eigenvalue weighted by atomic mass is 10.1. The number of benzene rings is 1. The lowest BCUT2D eigenvalue weighted by Crippen LogP contribution is -2.07. The van der Waals surface area contributed by atoms with E-state index in [0.29, 0.717) is 10.8 Å². The van der Waals surface area contributed by atoms with Crippen LogP contribution in [0.25, 0.3) is 10.8 Å². The second kappa shape index (κ2) is 3.20. The van der Waals surface area contributed by atoms with E-state index in [9.17, 15) is 14.9 Å². The normalized spacial score (nSPS) is 10.5. The maximum atomic E-state index is 11.5. The highest BCUT2D eigenvalue weighted by atomic mass is 16.6. The smallest absolute Gasteiger partial charge is 0.277 e. The molecule has 0 radical (unpaired) electrons. The van der Waals surface area contributed by atoms with E-state index in [-0.39, 0.29) is 11.2 Å². The van der Waals surface area contributed by atoms with Gasteiger partial charge in [-0.15, -0.1) is 0 Å². The lowest BCUT2D eigenvalue weighted by Gasteiger charge is -2.01. The Morgan fingerprint density at radius 1 is 1.33 bits per heavy atom. The van der Waals surface area contributed by atoms with Crippen molar-refractivity contribution < 1.29 is 4.92 Å². The third kappa shape index (κ3) is 1.38. The summed E-state index contributed by atoms with van der Waals surface area (Å²) in [5.41, 5.74) is 0.396. The minimum absolute atomic E-state index is 0.0401. The highest BCUT2D eigenvalue weighted by molar-refractivity contribution is 5.92. The molecule has 0 aliphatic carbocycles. The number of non-ortho nitro benzene ring substituents is 1. The number of nitro benzene ring substituents is 1. The van der Waals surface area contributed by atoms with Gasteiger partial charge in [0, 0.05) is 12.3 Å². The molecule has 0 saturated heterocycles. The number of nitrogens with one attached hydrogen (secondary N) is 1. The standard InChI is InChI=1S/C10H8N2O3/c1-6-2-3-8(12(14)15)7-4-5-11-10(13)9(6)7/h2-5H,1H3,(H,11,13). The summed E-state index contributed by atoms with van der Waals surface area (Å²) in [6, 6.07) is 4.54. The van der Waals surface area contributed by atoms with Crippen LogP contribution in [0.15, 0.2) is 29.2 Å². The fourth-order valence-corrected chi connectivity index (χ4v) is 1.62. The lowest BCUT2D eigenvalue weighted by molar-refractivity contribution is -0.383. The summed E-state index contributed by atoms with van der Waals surface area (Å²) in [4.78, 5) is 24.2. The Hall–Kier alpha value is -2.17. The zero-order valence-corrected chi connectivity index (χ0v) is 7.98. The van der Waals surface area contributed by atoms with Crippen LogP contribution in [0.5, 0.6) is 0 Å². The minimum Gasteiger partial charge on any atom is -0.329 e. The van der Waals surface area contributed by atoms with Crippen LogP contribution in [0.4, 0.5) is 5.69 Å². The second-order valence-corrected chi connectivity index (χ2v) is 3.25. The summed E-state index contributed by atoms with van der Waals surface area (Å²) >= 11 is 0. The molecule has 0 bridgehead atoms. The zero-order valence-electron chi connectivity index (χ0n) is 7.98. The fourth-order valence-electron chi connectivity index (χ4n) is 1.62. The molecule has 2 aromatic rings. The van der Waals surface area contributed by atoms with Crippen molar-refractivity contribution in [3.05, 3.63) is 50.4 Å². The Kier molecular flexibility index (Phi) is 2.00. The van der Waals surface area contributed by atoms with Crippen LogP contribution in [-0.2, 0) is 0 Å². The molecular weight excluding hydrogens is 196 g/mol. The number of nitro groups is 1. The zero-order chi connectivity index (χ0) is 11.0. The molecule has 76 valence electrons. The molecule has 0 amide bonds. The van der Waals surface area contributed by atoms with E-state index >= 15 is 0 Å². The topological polar surface area (TPSA) is 76.0 Å². The SMILES string of the molecule is Cc1ccc([N+](=O)[O-])c2cc[nH]c(=O)c12. The van der Waals surface area contributed by atoms with E-state index in [1.807, 2.05) is 0 Å². The summed E-state index contributed by atoms with van der Waals surface area (Å²) in [6.45, 7) is 1.75. The van der Waals surface area contributed by atoms with E-state index in [4.69, 9.17) is 0 Å². The Bertz CT molecular complexity index is 601. The van der Waals surface area contributed by atoms with Crippen molar-refractivity contribution in [2.45, 2.75) is 6.92 Å². The highest BCUT2D eigenvalue weighted by Gasteiger charge is 2.14. The predicted molar refractivity (Wildman–Crippen MR) is 56.0 cm³/mol. The van der Waals surface area contributed by atoms with Crippen molar-refractivity contribution in [1.29, 1.82) is 0 Å². The van der Waals surface area contributed by atoms with E-state index in [2.05, 4.69) is 4.98 Å². The third-order valence-corrected chi connectivity index (χ3v) is 2.32. The van der Waals surface area contributed by atoms with Gasteiger partial charge in [-0.05, 0) is 18.6 Å². The van der Waals surface area contributed by atoms with E-state index in [1.54, 1.807) is 19.1 Å². The number of hydrogen-bond donors (Lipinski definition) is 1. The molecule has 5 nitrogen and oxygen atoms in total. The fraction of sp³-hybridized carbons (Fsp3) is 0.100. The van der Waals surface area contributed by atoms with Gasteiger partial charge in [-0.1, -0.05) is 6.07 Å². The molecule has 0 saturated carbocycles. The predicted octanol–water partition coefficient (Wildman–Crippen LogP) is 1.74. The summed E-state index contributed by atoms with van der Waals surface area (Å²) in [6.07, 6.45) is 1.41. The van der Waals surface area contributed by atoms with Gasteiger partial charge in [0.2, 0.25) is 0 Å². The van der Waals surface area contributed by atoms with E-state index in [1.165, 1.54) is 12.3 Å². The molecule has 1 N–H and O–H groups in total. The quantitative estimate of drug-likeness (QED) is 0.567. The Labute approximate surface area is 84.5 Å². The van der Waals surface area contributed by atoms with Crippen molar-refractivity contribution in [3.8, 4) is 0 Å². The number of H-pyrrole nitrogens is 1. The average molecular weight is 204 g/mol. The van der Waals surface area contributed by atoms with Crippen LogP contribution in [0.3, 0.4) is 0 Å². The molecule has 0 atom stereocenters. The number of aromatic amines is 1. The molecule has 0 aliphatic heterocycles. The van der Waals surface area contributed by atoms with Gasteiger partial charge in [0.25, 0.3) is 11.2 Å². The van der Waals surface area contributed by atoms with Gasteiger partial charge in [-0.25, -0.2) is 0 Å². The van der Waals surface area contributed by atoms with Gasteiger partial charge in [-0.3, -0.25) is 14.9 Å². The number of pyridine rings is 1. The molecule has 0 aliphatic rings. The molecule has 0 fully saturated rings.